The van der Waals surface area contributed by atoms with Gasteiger partial charge in [0.2, 0.25) is 11.8 Å². The average Bonchev–Trinajstić information content (AvgIpc) is 3.12. The number of rotatable bonds is 3. The molecule has 3 heterocycles. The average molecular weight is 415 g/mol. The summed E-state index contributed by atoms with van der Waals surface area (Å²) in [7, 11) is 0. The zero-order chi connectivity index (χ0) is 21.9. The smallest absolute Gasteiger partial charge is 0.239 e. The van der Waals surface area contributed by atoms with Crippen molar-refractivity contribution in [3.05, 3.63) is 77.9 Å². The first-order valence-corrected chi connectivity index (χ1v) is 10.8. The predicted octanol–water partition coefficient (Wildman–Crippen LogP) is 3.48. The van der Waals surface area contributed by atoms with Crippen LogP contribution < -0.4 is 4.90 Å². The molecule has 0 N–H and O–H groups in total. The van der Waals surface area contributed by atoms with E-state index in [4.69, 9.17) is 0 Å². The maximum atomic E-state index is 13.3. The fraction of sp³-hybridized carbons (Fsp3) is 0.346. The minimum absolute atomic E-state index is 0.0676. The Kier molecular flexibility index (Phi) is 4.48. The van der Waals surface area contributed by atoms with Gasteiger partial charge in [-0.05, 0) is 34.8 Å². The molecule has 2 aromatic rings. The van der Waals surface area contributed by atoms with Crippen molar-refractivity contribution in [1.29, 1.82) is 0 Å². The summed E-state index contributed by atoms with van der Waals surface area (Å²) in [5.74, 6) is -1.71. The highest BCUT2D eigenvalue weighted by Crippen LogP contribution is 2.47. The standard InChI is InChI=1S/C26H26N2O3/c1-26(2,3)17-11-9-16(10-12-17)15-27-19-13-14-20(29)23(27)22-21(19)24(30)28(25(22)31)18-7-5-4-6-8-18/h4-14,19,21-23H,15H2,1-3H3/t19-,21-,22+,23-/m1/s1. The molecule has 0 saturated carbocycles. The third-order valence-electron chi connectivity index (χ3n) is 6.80. The molecule has 2 saturated heterocycles. The number of para-hydroxylation sites is 1. The number of fused-ring (bicyclic) bond motifs is 5. The molecule has 5 rings (SSSR count). The molecule has 5 heteroatoms. The number of hydrogen-bond donors (Lipinski definition) is 0. The fourth-order valence-corrected chi connectivity index (χ4v) is 5.22. The predicted molar refractivity (Wildman–Crippen MR) is 118 cm³/mol. The molecule has 158 valence electrons. The molecule has 3 aliphatic heterocycles. The van der Waals surface area contributed by atoms with Gasteiger partial charge in [-0.3, -0.25) is 19.3 Å². The number of carbonyl (C=O) groups excluding carboxylic acids is 3. The Morgan fingerprint density at radius 1 is 0.839 bits per heavy atom. The van der Waals surface area contributed by atoms with Crippen molar-refractivity contribution >= 4 is 23.3 Å². The van der Waals surface area contributed by atoms with E-state index < -0.39 is 17.9 Å². The zero-order valence-corrected chi connectivity index (χ0v) is 18.0. The van der Waals surface area contributed by atoms with Crippen LogP contribution in [0.15, 0.2) is 66.7 Å². The van der Waals surface area contributed by atoms with Crippen LogP contribution in [0.5, 0.6) is 0 Å². The summed E-state index contributed by atoms with van der Waals surface area (Å²) in [5, 5.41) is 0. The van der Waals surface area contributed by atoms with Crippen molar-refractivity contribution in [3.63, 3.8) is 0 Å². The maximum absolute atomic E-state index is 13.3. The van der Waals surface area contributed by atoms with Gasteiger partial charge in [0.25, 0.3) is 0 Å². The highest BCUT2D eigenvalue weighted by molar-refractivity contribution is 6.24. The first-order valence-electron chi connectivity index (χ1n) is 10.8. The number of hydrogen-bond acceptors (Lipinski definition) is 4. The molecule has 3 aliphatic rings. The van der Waals surface area contributed by atoms with Gasteiger partial charge < -0.3 is 0 Å². The van der Waals surface area contributed by atoms with Crippen molar-refractivity contribution < 1.29 is 14.4 Å². The van der Waals surface area contributed by atoms with Crippen LogP contribution in [0.25, 0.3) is 0 Å². The molecule has 0 unspecified atom stereocenters. The molecule has 2 fully saturated rings. The molecule has 2 bridgehead atoms. The SMILES string of the molecule is CC(C)(C)c1ccc(CN2[C@@H]3C=CC(=O)[C@@H]2[C@H]2C(=O)N(c4ccccc4)C(=O)[C@@H]23)cc1. The summed E-state index contributed by atoms with van der Waals surface area (Å²) in [6, 6.07) is 16.6. The van der Waals surface area contributed by atoms with Gasteiger partial charge in [-0.25, -0.2) is 4.90 Å². The van der Waals surface area contributed by atoms with Gasteiger partial charge in [0, 0.05) is 12.6 Å². The minimum atomic E-state index is -0.631. The number of nitrogens with zero attached hydrogens (tertiary/aromatic N) is 2. The molecule has 0 aliphatic carbocycles. The largest absolute Gasteiger partial charge is 0.293 e. The van der Waals surface area contributed by atoms with E-state index in [2.05, 4.69) is 45.0 Å². The number of benzene rings is 2. The lowest BCUT2D eigenvalue weighted by atomic mass is 9.86. The molecular weight excluding hydrogens is 388 g/mol. The van der Waals surface area contributed by atoms with Crippen molar-refractivity contribution in [2.45, 2.75) is 44.8 Å². The molecule has 4 atom stereocenters. The highest BCUT2D eigenvalue weighted by Gasteiger charge is 2.64. The zero-order valence-electron chi connectivity index (χ0n) is 18.0. The summed E-state index contributed by atoms with van der Waals surface area (Å²) in [5.41, 5.74) is 2.96. The van der Waals surface area contributed by atoms with E-state index in [0.29, 0.717) is 12.2 Å². The molecular formula is C26H26N2O3. The lowest BCUT2D eigenvalue weighted by Crippen LogP contribution is -2.48. The normalized spacial score (nSPS) is 27.8. The fourth-order valence-electron chi connectivity index (χ4n) is 5.22. The van der Waals surface area contributed by atoms with E-state index in [9.17, 15) is 14.4 Å². The quantitative estimate of drug-likeness (QED) is 0.722. The third kappa shape index (κ3) is 3.07. The van der Waals surface area contributed by atoms with E-state index in [-0.39, 0.29) is 29.1 Å². The summed E-state index contributed by atoms with van der Waals surface area (Å²) < 4.78 is 0. The molecule has 2 aromatic carbocycles. The molecule has 0 radical (unpaired) electrons. The number of ketones is 1. The van der Waals surface area contributed by atoms with Crippen LogP contribution in [0, 0.1) is 11.8 Å². The molecule has 31 heavy (non-hydrogen) atoms. The van der Waals surface area contributed by atoms with E-state index >= 15 is 0 Å². The number of carbonyl (C=O) groups is 3. The Hall–Kier alpha value is -3.05. The molecule has 5 nitrogen and oxygen atoms in total. The Morgan fingerprint density at radius 3 is 2.13 bits per heavy atom. The van der Waals surface area contributed by atoms with E-state index in [1.165, 1.54) is 10.5 Å². The Bertz CT molecular complexity index is 1080. The second kappa shape index (κ2) is 6.99. The first kappa shape index (κ1) is 19.9. The topological polar surface area (TPSA) is 57.7 Å². The lowest BCUT2D eigenvalue weighted by Gasteiger charge is -2.33. The maximum Gasteiger partial charge on any atom is 0.239 e. The Balaban J connectivity index is 1.46. The van der Waals surface area contributed by atoms with Gasteiger partial charge in [-0.1, -0.05) is 69.3 Å². The monoisotopic (exact) mass is 414 g/mol. The van der Waals surface area contributed by atoms with Crippen LogP contribution >= 0.6 is 0 Å². The van der Waals surface area contributed by atoms with E-state index in [0.717, 1.165) is 5.56 Å². The second-order valence-electron chi connectivity index (χ2n) is 9.72. The van der Waals surface area contributed by atoms with Gasteiger partial charge in [0.05, 0.1) is 23.6 Å². The number of amides is 2. The van der Waals surface area contributed by atoms with Gasteiger partial charge in [-0.2, -0.15) is 0 Å². The van der Waals surface area contributed by atoms with Crippen molar-refractivity contribution in [2.75, 3.05) is 4.90 Å². The van der Waals surface area contributed by atoms with Crippen LogP contribution in [-0.4, -0.2) is 34.6 Å². The minimum Gasteiger partial charge on any atom is -0.293 e. The Morgan fingerprint density at radius 2 is 1.48 bits per heavy atom. The lowest BCUT2D eigenvalue weighted by molar-refractivity contribution is -0.129. The molecule has 0 spiro atoms. The van der Waals surface area contributed by atoms with Crippen LogP contribution in [0.1, 0.15) is 31.9 Å². The molecule has 0 aromatic heterocycles. The van der Waals surface area contributed by atoms with Crippen molar-refractivity contribution in [3.8, 4) is 0 Å². The van der Waals surface area contributed by atoms with Gasteiger partial charge in [0.1, 0.15) is 0 Å². The van der Waals surface area contributed by atoms with Gasteiger partial charge in [-0.15, -0.1) is 0 Å². The van der Waals surface area contributed by atoms with Crippen LogP contribution in [0.3, 0.4) is 0 Å². The van der Waals surface area contributed by atoms with Crippen molar-refractivity contribution in [1.82, 2.24) is 4.90 Å². The molecule has 2 amide bonds. The van der Waals surface area contributed by atoms with Crippen molar-refractivity contribution in [2.24, 2.45) is 11.8 Å². The van der Waals surface area contributed by atoms with Crippen LogP contribution in [0.4, 0.5) is 5.69 Å². The van der Waals surface area contributed by atoms with Crippen LogP contribution in [-0.2, 0) is 26.3 Å². The first-order chi connectivity index (χ1) is 14.8. The summed E-state index contributed by atoms with van der Waals surface area (Å²) >= 11 is 0. The number of anilines is 1. The summed E-state index contributed by atoms with van der Waals surface area (Å²) in [6.45, 7) is 7.06. The van der Waals surface area contributed by atoms with Gasteiger partial charge >= 0.3 is 0 Å². The third-order valence-corrected chi connectivity index (χ3v) is 6.80. The Labute approximate surface area is 182 Å². The highest BCUT2D eigenvalue weighted by atomic mass is 16.2. The second-order valence-corrected chi connectivity index (χ2v) is 9.72. The van der Waals surface area contributed by atoms with Crippen LogP contribution in [0.2, 0.25) is 0 Å². The summed E-state index contributed by atoms with van der Waals surface area (Å²) in [4.78, 5) is 42.9. The summed E-state index contributed by atoms with van der Waals surface area (Å²) in [6.07, 6.45) is 3.37. The van der Waals surface area contributed by atoms with Gasteiger partial charge in [0.15, 0.2) is 5.78 Å². The van der Waals surface area contributed by atoms with E-state index in [1.807, 2.05) is 29.2 Å². The van der Waals surface area contributed by atoms with E-state index in [1.54, 1.807) is 18.2 Å². The number of imide groups is 1.